The van der Waals surface area contributed by atoms with Gasteiger partial charge in [-0.1, -0.05) is 30.3 Å². The SMILES string of the molecule is Cc1nn(CC(=O)NC2CC2)c2nc(-c3ccccc3)cc(C(F)F)c12. The maximum atomic E-state index is 13.7. The highest BCUT2D eigenvalue weighted by Crippen LogP contribution is 2.33. The van der Waals surface area contributed by atoms with Gasteiger partial charge in [0.25, 0.3) is 6.43 Å². The van der Waals surface area contributed by atoms with E-state index in [0.717, 1.165) is 18.4 Å². The van der Waals surface area contributed by atoms with E-state index < -0.39 is 6.43 Å². The predicted molar refractivity (Wildman–Crippen MR) is 93.8 cm³/mol. The Labute approximate surface area is 149 Å². The van der Waals surface area contributed by atoms with Crippen LogP contribution in [-0.2, 0) is 11.3 Å². The number of aryl methyl sites for hydroxylation is 1. The second-order valence-electron chi connectivity index (χ2n) is 6.55. The molecule has 3 aromatic rings. The molecule has 0 atom stereocenters. The number of hydrogen-bond donors (Lipinski definition) is 1. The molecule has 134 valence electrons. The number of aromatic nitrogens is 3. The molecule has 26 heavy (non-hydrogen) atoms. The summed E-state index contributed by atoms with van der Waals surface area (Å²) >= 11 is 0. The van der Waals surface area contributed by atoms with Gasteiger partial charge in [-0.15, -0.1) is 0 Å². The molecule has 0 unspecified atom stereocenters. The first-order chi connectivity index (χ1) is 12.5. The number of fused-ring (bicyclic) bond motifs is 1. The monoisotopic (exact) mass is 356 g/mol. The van der Waals surface area contributed by atoms with Gasteiger partial charge in [0, 0.05) is 17.2 Å². The van der Waals surface area contributed by atoms with Crippen molar-refractivity contribution in [1.29, 1.82) is 0 Å². The number of hydrogen-bond acceptors (Lipinski definition) is 3. The average molecular weight is 356 g/mol. The Hall–Kier alpha value is -2.83. The largest absolute Gasteiger partial charge is 0.352 e. The van der Waals surface area contributed by atoms with E-state index in [-0.39, 0.29) is 24.1 Å². The lowest BCUT2D eigenvalue weighted by atomic mass is 10.1. The molecular formula is C19H18F2N4O. The molecule has 1 aliphatic rings. The number of rotatable bonds is 5. The van der Waals surface area contributed by atoms with Crippen LogP contribution in [0.4, 0.5) is 8.78 Å². The zero-order valence-electron chi connectivity index (χ0n) is 14.2. The summed E-state index contributed by atoms with van der Waals surface area (Å²) in [6.07, 6.45) is -0.688. The standard InChI is InChI=1S/C19H18F2N4O/c1-11-17-14(18(20)21)9-15(12-5-3-2-4-6-12)23-19(17)25(24-11)10-16(26)22-13-7-8-13/h2-6,9,13,18H,7-8,10H2,1H3,(H,22,26). The Morgan fingerprint density at radius 1 is 1.31 bits per heavy atom. The smallest absolute Gasteiger partial charge is 0.264 e. The molecule has 1 N–H and O–H groups in total. The number of carbonyl (C=O) groups excluding carboxylic acids is 1. The van der Waals surface area contributed by atoms with Crippen LogP contribution in [0.5, 0.6) is 0 Å². The van der Waals surface area contributed by atoms with Crippen molar-refractivity contribution in [3.8, 4) is 11.3 Å². The maximum Gasteiger partial charge on any atom is 0.264 e. The first-order valence-electron chi connectivity index (χ1n) is 8.54. The van der Waals surface area contributed by atoms with E-state index in [9.17, 15) is 13.6 Å². The molecule has 4 rings (SSSR count). The van der Waals surface area contributed by atoms with Crippen LogP contribution in [0.1, 0.15) is 30.5 Å². The Morgan fingerprint density at radius 2 is 2.04 bits per heavy atom. The van der Waals surface area contributed by atoms with E-state index >= 15 is 0 Å². The fourth-order valence-corrected chi connectivity index (χ4v) is 3.06. The third-order valence-electron chi connectivity index (χ3n) is 4.45. The average Bonchev–Trinajstić information content (AvgIpc) is 3.38. The van der Waals surface area contributed by atoms with Gasteiger partial charge in [-0.25, -0.2) is 18.4 Å². The molecule has 0 spiro atoms. The number of alkyl halides is 2. The lowest BCUT2D eigenvalue weighted by molar-refractivity contribution is -0.121. The van der Waals surface area contributed by atoms with Crippen molar-refractivity contribution in [3.05, 3.63) is 47.7 Å². The van der Waals surface area contributed by atoms with Gasteiger partial charge < -0.3 is 5.32 Å². The third kappa shape index (κ3) is 3.16. The second-order valence-corrected chi connectivity index (χ2v) is 6.55. The molecule has 1 fully saturated rings. The molecule has 1 aliphatic carbocycles. The van der Waals surface area contributed by atoms with E-state index in [0.29, 0.717) is 22.4 Å². The molecule has 2 aromatic heterocycles. The van der Waals surface area contributed by atoms with Crippen LogP contribution in [0, 0.1) is 6.92 Å². The van der Waals surface area contributed by atoms with Gasteiger partial charge in [0.15, 0.2) is 5.65 Å². The first-order valence-corrected chi connectivity index (χ1v) is 8.54. The third-order valence-corrected chi connectivity index (χ3v) is 4.45. The highest BCUT2D eigenvalue weighted by Gasteiger charge is 2.25. The van der Waals surface area contributed by atoms with Gasteiger partial charge in [0.1, 0.15) is 6.54 Å². The van der Waals surface area contributed by atoms with Gasteiger partial charge in [0.05, 0.1) is 16.8 Å². The van der Waals surface area contributed by atoms with Crippen molar-refractivity contribution in [3.63, 3.8) is 0 Å². The Balaban J connectivity index is 1.82. The van der Waals surface area contributed by atoms with Gasteiger partial charge in [0.2, 0.25) is 5.91 Å². The van der Waals surface area contributed by atoms with Crippen LogP contribution in [0.2, 0.25) is 0 Å². The molecule has 0 aliphatic heterocycles. The number of pyridine rings is 1. The number of nitrogens with zero attached hydrogens (tertiary/aromatic N) is 3. The zero-order chi connectivity index (χ0) is 18.3. The van der Waals surface area contributed by atoms with Crippen molar-refractivity contribution in [2.75, 3.05) is 0 Å². The van der Waals surface area contributed by atoms with E-state index in [1.54, 1.807) is 6.92 Å². The summed E-state index contributed by atoms with van der Waals surface area (Å²) in [7, 11) is 0. The van der Waals surface area contributed by atoms with Crippen molar-refractivity contribution < 1.29 is 13.6 Å². The summed E-state index contributed by atoms with van der Waals surface area (Å²) < 4.78 is 28.8. The number of halogens is 2. The van der Waals surface area contributed by atoms with Gasteiger partial charge >= 0.3 is 0 Å². The van der Waals surface area contributed by atoms with Crippen LogP contribution < -0.4 is 5.32 Å². The minimum atomic E-state index is -2.65. The summed E-state index contributed by atoms with van der Waals surface area (Å²) in [4.78, 5) is 16.7. The van der Waals surface area contributed by atoms with Crippen LogP contribution in [0.25, 0.3) is 22.3 Å². The van der Waals surface area contributed by atoms with Crippen LogP contribution in [0.3, 0.4) is 0 Å². The summed E-state index contributed by atoms with van der Waals surface area (Å²) in [5.74, 6) is -0.178. The number of carbonyl (C=O) groups is 1. The van der Waals surface area contributed by atoms with Crippen LogP contribution >= 0.6 is 0 Å². The van der Waals surface area contributed by atoms with Gasteiger partial charge in [-0.05, 0) is 25.8 Å². The second kappa shape index (κ2) is 6.48. The Kier molecular flexibility index (Phi) is 4.14. The van der Waals surface area contributed by atoms with E-state index in [1.165, 1.54) is 10.7 Å². The van der Waals surface area contributed by atoms with Crippen molar-refractivity contribution in [1.82, 2.24) is 20.1 Å². The highest BCUT2D eigenvalue weighted by molar-refractivity contribution is 5.87. The molecule has 0 bridgehead atoms. The van der Waals surface area contributed by atoms with E-state index in [4.69, 9.17) is 0 Å². The molecule has 1 amide bonds. The normalized spacial score (nSPS) is 14.2. The van der Waals surface area contributed by atoms with E-state index in [1.807, 2.05) is 30.3 Å². The summed E-state index contributed by atoms with van der Waals surface area (Å²) in [6, 6.07) is 10.8. The number of benzene rings is 1. The Bertz CT molecular complexity index is 965. The van der Waals surface area contributed by atoms with E-state index in [2.05, 4.69) is 15.4 Å². The van der Waals surface area contributed by atoms with Crippen molar-refractivity contribution >= 4 is 16.9 Å². The fraction of sp³-hybridized carbons (Fsp3) is 0.316. The molecular weight excluding hydrogens is 338 g/mol. The number of amides is 1. The lowest BCUT2D eigenvalue weighted by Crippen LogP contribution is -2.29. The van der Waals surface area contributed by atoms with Crippen LogP contribution in [-0.4, -0.2) is 26.7 Å². The zero-order valence-corrected chi connectivity index (χ0v) is 14.2. The fourth-order valence-electron chi connectivity index (χ4n) is 3.06. The first kappa shape index (κ1) is 16.6. The molecule has 2 heterocycles. The summed E-state index contributed by atoms with van der Waals surface area (Å²) in [5, 5.41) is 7.50. The maximum absolute atomic E-state index is 13.7. The highest BCUT2D eigenvalue weighted by atomic mass is 19.3. The van der Waals surface area contributed by atoms with Crippen molar-refractivity contribution in [2.24, 2.45) is 0 Å². The quantitative estimate of drug-likeness (QED) is 0.759. The van der Waals surface area contributed by atoms with Gasteiger partial charge in [-0.2, -0.15) is 5.10 Å². The number of nitrogens with one attached hydrogen (secondary N) is 1. The summed E-state index contributed by atoms with van der Waals surface area (Å²) in [6.45, 7) is 1.63. The molecule has 0 saturated heterocycles. The molecule has 1 aromatic carbocycles. The van der Waals surface area contributed by atoms with Gasteiger partial charge in [-0.3, -0.25) is 4.79 Å². The molecule has 0 radical (unpaired) electrons. The lowest BCUT2D eigenvalue weighted by Gasteiger charge is -2.09. The molecule has 1 saturated carbocycles. The Morgan fingerprint density at radius 3 is 2.69 bits per heavy atom. The topological polar surface area (TPSA) is 59.8 Å². The van der Waals surface area contributed by atoms with Crippen LogP contribution in [0.15, 0.2) is 36.4 Å². The summed E-state index contributed by atoms with van der Waals surface area (Å²) in [5.41, 5.74) is 1.83. The predicted octanol–water partition coefficient (Wildman–Crippen LogP) is 3.62. The minimum absolute atomic E-state index is 0.0330. The van der Waals surface area contributed by atoms with Crippen molar-refractivity contribution in [2.45, 2.75) is 38.8 Å². The minimum Gasteiger partial charge on any atom is -0.352 e. The molecule has 5 nitrogen and oxygen atoms in total. The molecule has 7 heteroatoms.